The summed E-state index contributed by atoms with van der Waals surface area (Å²) < 4.78 is 0. The van der Waals surface area contributed by atoms with Gasteiger partial charge in [0.1, 0.15) is 0 Å². The average Bonchev–Trinajstić information content (AvgIpc) is 2.35. The van der Waals surface area contributed by atoms with Crippen LogP contribution in [0.25, 0.3) is 10.9 Å². The Balaban J connectivity index is 2.13. The molecule has 0 spiro atoms. The van der Waals surface area contributed by atoms with Crippen molar-refractivity contribution >= 4 is 22.5 Å². The molecule has 2 aromatic rings. The molecule has 1 unspecified atom stereocenters. The van der Waals surface area contributed by atoms with E-state index >= 15 is 0 Å². The molecule has 0 N–H and O–H groups in total. The lowest BCUT2D eigenvalue weighted by molar-refractivity contribution is 0.727. The number of nitrogens with zero attached hydrogens (tertiary/aromatic N) is 1. The molecule has 1 aromatic carbocycles. The van der Waals surface area contributed by atoms with Gasteiger partial charge in [0, 0.05) is 17.0 Å². The summed E-state index contributed by atoms with van der Waals surface area (Å²) in [5.74, 6) is 0. The zero-order valence-corrected chi connectivity index (χ0v) is 10.2. The molecule has 0 fully saturated rings. The molecule has 2 heteroatoms. The van der Waals surface area contributed by atoms with E-state index in [9.17, 15) is 0 Å². The van der Waals surface area contributed by atoms with Crippen LogP contribution in [-0.2, 0) is 6.42 Å². The number of hydrogen-bond acceptors (Lipinski definition) is 1. The fourth-order valence-corrected chi connectivity index (χ4v) is 1.90. The molecule has 1 atom stereocenters. The summed E-state index contributed by atoms with van der Waals surface area (Å²) in [6.07, 6.45) is 4.95. The predicted molar refractivity (Wildman–Crippen MR) is 70.0 cm³/mol. The standard InChI is InChI=1S/C14H16ClN/c1-2-13(15)8-6-11-5-7-12-4-3-9-16-14(12)10-11/h3-5,7,9-10,13H,2,6,8H2,1H3. The van der Waals surface area contributed by atoms with Gasteiger partial charge in [-0.05, 0) is 37.0 Å². The highest BCUT2D eigenvalue weighted by Gasteiger charge is 2.02. The fourth-order valence-electron chi connectivity index (χ4n) is 1.79. The molecule has 84 valence electrons. The van der Waals surface area contributed by atoms with Gasteiger partial charge in [0.05, 0.1) is 5.52 Å². The van der Waals surface area contributed by atoms with Crippen molar-refractivity contribution in [3.8, 4) is 0 Å². The summed E-state index contributed by atoms with van der Waals surface area (Å²) in [4.78, 5) is 4.36. The molecule has 2 rings (SSSR count). The summed E-state index contributed by atoms with van der Waals surface area (Å²) in [5.41, 5.74) is 2.40. The van der Waals surface area contributed by atoms with Gasteiger partial charge in [-0.3, -0.25) is 4.98 Å². The highest BCUT2D eigenvalue weighted by molar-refractivity contribution is 6.20. The number of alkyl halides is 1. The van der Waals surface area contributed by atoms with E-state index in [1.807, 2.05) is 12.3 Å². The maximum atomic E-state index is 6.12. The van der Waals surface area contributed by atoms with Gasteiger partial charge >= 0.3 is 0 Å². The van der Waals surface area contributed by atoms with Gasteiger partial charge in [-0.1, -0.05) is 25.1 Å². The first kappa shape index (κ1) is 11.4. The van der Waals surface area contributed by atoms with Crippen LogP contribution in [0.15, 0.2) is 36.5 Å². The molecular formula is C14H16ClN. The van der Waals surface area contributed by atoms with Crippen LogP contribution in [0.2, 0.25) is 0 Å². The molecule has 0 bridgehead atoms. The Kier molecular flexibility index (Phi) is 3.79. The molecule has 0 aliphatic carbocycles. The summed E-state index contributed by atoms with van der Waals surface area (Å²) >= 11 is 6.12. The Morgan fingerprint density at radius 2 is 2.19 bits per heavy atom. The third-order valence-electron chi connectivity index (χ3n) is 2.86. The molecule has 0 amide bonds. The lowest BCUT2D eigenvalue weighted by atomic mass is 10.1. The SMILES string of the molecule is CCC(Cl)CCc1ccc2cccnc2c1. The van der Waals surface area contributed by atoms with Gasteiger partial charge in [0.25, 0.3) is 0 Å². The summed E-state index contributed by atoms with van der Waals surface area (Å²) in [7, 11) is 0. The number of halogens is 1. The van der Waals surface area contributed by atoms with Crippen molar-refractivity contribution < 1.29 is 0 Å². The van der Waals surface area contributed by atoms with Gasteiger partial charge in [-0.2, -0.15) is 0 Å². The number of hydrogen-bond donors (Lipinski definition) is 0. The van der Waals surface area contributed by atoms with Crippen molar-refractivity contribution in [3.05, 3.63) is 42.1 Å². The van der Waals surface area contributed by atoms with Crippen molar-refractivity contribution in [3.63, 3.8) is 0 Å². The highest BCUT2D eigenvalue weighted by atomic mass is 35.5. The van der Waals surface area contributed by atoms with Gasteiger partial charge in [0.2, 0.25) is 0 Å². The minimum atomic E-state index is 0.291. The van der Waals surface area contributed by atoms with Crippen molar-refractivity contribution in [1.82, 2.24) is 4.98 Å². The lowest BCUT2D eigenvalue weighted by Gasteiger charge is -2.06. The predicted octanol–water partition coefficient (Wildman–Crippen LogP) is 4.18. The zero-order valence-electron chi connectivity index (χ0n) is 9.49. The van der Waals surface area contributed by atoms with Crippen LogP contribution < -0.4 is 0 Å². The smallest absolute Gasteiger partial charge is 0.0704 e. The topological polar surface area (TPSA) is 12.9 Å². The van der Waals surface area contributed by atoms with Gasteiger partial charge < -0.3 is 0 Å². The first-order chi connectivity index (χ1) is 7.79. The Hall–Kier alpha value is -1.08. The fraction of sp³-hybridized carbons (Fsp3) is 0.357. The molecule has 1 aromatic heterocycles. The van der Waals surface area contributed by atoms with Crippen LogP contribution in [0.5, 0.6) is 0 Å². The Bertz CT molecular complexity index is 467. The number of benzene rings is 1. The Morgan fingerprint density at radius 1 is 1.31 bits per heavy atom. The quantitative estimate of drug-likeness (QED) is 0.722. The molecule has 0 saturated heterocycles. The van der Waals surface area contributed by atoms with Gasteiger partial charge in [0.15, 0.2) is 0 Å². The third-order valence-corrected chi connectivity index (χ3v) is 3.39. The van der Waals surface area contributed by atoms with Crippen LogP contribution in [0.3, 0.4) is 0 Å². The normalized spacial score (nSPS) is 12.9. The van der Waals surface area contributed by atoms with E-state index in [1.54, 1.807) is 0 Å². The largest absolute Gasteiger partial charge is 0.256 e. The van der Waals surface area contributed by atoms with Crippen LogP contribution >= 0.6 is 11.6 Å². The maximum absolute atomic E-state index is 6.12. The maximum Gasteiger partial charge on any atom is 0.0704 e. The average molecular weight is 234 g/mol. The van der Waals surface area contributed by atoms with E-state index in [4.69, 9.17) is 11.6 Å². The highest BCUT2D eigenvalue weighted by Crippen LogP contribution is 2.16. The number of aromatic nitrogens is 1. The molecule has 0 radical (unpaired) electrons. The number of rotatable bonds is 4. The van der Waals surface area contributed by atoms with Crippen LogP contribution in [0.1, 0.15) is 25.3 Å². The first-order valence-electron chi connectivity index (χ1n) is 5.77. The van der Waals surface area contributed by atoms with Crippen molar-refractivity contribution in [2.24, 2.45) is 0 Å². The van der Waals surface area contributed by atoms with E-state index in [0.717, 1.165) is 24.8 Å². The van der Waals surface area contributed by atoms with E-state index in [2.05, 4.69) is 36.2 Å². The Morgan fingerprint density at radius 3 is 3.00 bits per heavy atom. The minimum Gasteiger partial charge on any atom is -0.256 e. The molecule has 1 nitrogen and oxygen atoms in total. The van der Waals surface area contributed by atoms with Gasteiger partial charge in [-0.25, -0.2) is 0 Å². The van der Waals surface area contributed by atoms with Crippen molar-refractivity contribution in [2.75, 3.05) is 0 Å². The second-order valence-electron chi connectivity index (χ2n) is 4.07. The van der Waals surface area contributed by atoms with E-state index < -0.39 is 0 Å². The molecule has 0 aliphatic rings. The first-order valence-corrected chi connectivity index (χ1v) is 6.21. The van der Waals surface area contributed by atoms with E-state index in [-0.39, 0.29) is 0 Å². The number of pyridine rings is 1. The van der Waals surface area contributed by atoms with Gasteiger partial charge in [-0.15, -0.1) is 11.6 Å². The molecule has 16 heavy (non-hydrogen) atoms. The monoisotopic (exact) mass is 233 g/mol. The lowest BCUT2D eigenvalue weighted by Crippen LogP contribution is -1.98. The van der Waals surface area contributed by atoms with Crippen molar-refractivity contribution in [1.29, 1.82) is 0 Å². The zero-order chi connectivity index (χ0) is 11.4. The summed E-state index contributed by atoms with van der Waals surface area (Å²) in [5, 5.41) is 1.49. The second kappa shape index (κ2) is 5.31. The van der Waals surface area contributed by atoms with E-state index in [0.29, 0.717) is 5.38 Å². The Labute approximate surface area is 101 Å². The molecule has 1 heterocycles. The van der Waals surface area contributed by atoms with Crippen LogP contribution in [0.4, 0.5) is 0 Å². The molecule has 0 saturated carbocycles. The summed E-state index contributed by atoms with van der Waals surface area (Å²) in [6, 6.07) is 10.5. The third kappa shape index (κ3) is 2.73. The molecular weight excluding hydrogens is 218 g/mol. The van der Waals surface area contributed by atoms with Crippen LogP contribution in [0, 0.1) is 0 Å². The second-order valence-corrected chi connectivity index (χ2v) is 4.69. The van der Waals surface area contributed by atoms with Crippen molar-refractivity contribution in [2.45, 2.75) is 31.6 Å². The van der Waals surface area contributed by atoms with Crippen LogP contribution in [-0.4, -0.2) is 10.4 Å². The van der Waals surface area contributed by atoms with E-state index in [1.165, 1.54) is 10.9 Å². The number of aryl methyl sites for hydroxylation is 1. The number of fused-ring (bicyclic) bond motifs is 1. The molecule has 0 aliphatic heterocycles. The summed E-state index contributed by atoms with van der Waals surface area (Å²) in [6.45, 7) is 2.12. The minimum absolute atomic E-state index is 0.291.